The maximum absolute atomic E-state index is 3.55. The Hall–Kier alpha value is 0.01000. The molecule has 92 valence electrons. The number of likely N-dealkylation sites (N-methyl/N-ethyl adjacent to an activating group) is 2. The van der Waals surface area contributed by atoms with E-state index >= 15 is 0 Å². The normalized spacial score (nSPS) is 29.9. The van der Waals surface area contributed by atoms with E-state index in [0.29, 0.717) is 12.1 Å². The molecule has 2 atom stereocenters. The summed E-state index contributed by atoms with van der Waals surface area (Å²) in [5.41, 5.74) is 1.66. The highest BCUT2D eigenvalue weighted by molar-refractivity contribution is 7.99. The smallest absolute Gasteiger partial charge is 0.0442 e. The van der Waals surface area contributed by atoms with E-state index in [-0.39, 0.29) is 0 Å². The summed E-state index contributed by atoms with van der Waals surface area (Å²) in [4.78, 5) is 2.53. The molecule has 2 rings (SSSR count). The number of nitrogens with zero attached hydrogens (tertiary/aromatic N) is 1. The molecular weight excluding hydrogens is 216 g/mol. The zero-order valence-corrected chi connectivity index (χ0v) is 11.4. The van der Waals surface area contributed by atoms with Crippen LogP contribution in [0.15, 0.2) is 11.6 Å². The minimum Gasteiger partial charge on any atom is -0.312 e. The molecule has 0 saturated carbocycles. The number of hydrogen-bond acceptors (Lipinski definition) is 3. The van der Waals surface area contributed by atoms with Crippen LogP contribution in [0.5, 0.6) is 0 Å². The van der Waals surface area contributed by atoms with Crippen molar-refractivity contribution in [1.29, 1.82) is 0 Å². The maximum Gasteiger partial charge on any atom is 0.0442 e. The first-order chi connectivity index (χ1) is 7.83. The third-order valence-electron chi connectivity index (χ3n) is 3.86. The number of nitrogens with one attached hydrogen (secondary N) is 1. The first-order valence-electron chi connectivity index (χ1n) is 6.47. The van der Waals surface area contributed by atoms with Gasteiger partial charge in [0, 0.05) is 30.1 Å². The van der Waals surface area contributed by atoms with Crippen LogP contribution in [0.4, 0.5) is 0 Å². The molecule has 0 bridgehead atoms. The lowest BCUT2D eigenvalue weighted by Crippen LogP contribution is -2.52. The average Bonchev–Trinajstić information content (AvgIpc) is 2.34. The first kappa shape index (κ1) is 12.5. The van der Waals surface area contributed by atoms with Gasteiger partial charge in [-0.25, -0.2) is 0 Å². The zero-order chi connectivity index (χ0) is 11.4. The van der Waals surface area contributed by atoms with Gasteiger partial charge in [-0.1, -0.05) is 11.6 Å². The molecule has 2 unspecified atom stereocenters. The monoisotopic (exact) mass is 240 g/mol. The van der Waals surface area contributed by atoms with Crippen LogP contribution in [0.1, 0.15) is 25.7 Å². The molecule has 1 N–H and O–H groups in total. The van der Waals surface area contributed by atoms with E-state index in [1.54, 1.807) is 5.57 Å². The second-order valence-corrected chi connectivity index (χ2v) is 6.06. The first-order valence-corrected chi connectivity index (χ1v) is 7.62. The molecular formula is C13H24N2S. The van der Waals surface area contributed by atoms with Gasteiger partial charge in [-0.15, -0.1) is 0 Å². The third-order valence-corrected chi connectivity index (χ3v) is 4.91. The van der Waals surface area contributed by atoms with Crippen LogP contribution in [-0.2, 0) is 0 Å². The molecule has 16 heavy (non-hydrogen) atoms. The molecule has 0 spiro atoms. The number of hydrogen-bond donors (Lipinski definition) is 1. The van der Waals surface area contributed by atoms with E-state index in [4.69, 9.17) is 0 Å². The van der Waals surface area contributed by atoms with Crippen LogP contribution in [-0.4, -0.2) is 49.1 Å². The summed E-state index contributed by atoms with van der Waals surface area (Å²) in [5.74, 6) is 2.57. The Bertz CT molecular complexity index is 252. The second-order valence-electron chi connectivity index (χ2n) is 4.91. The van der Waals surface area contributed by atoms with Crippen molar-refractivity contribution in [2.24, 2.45) is 0 Å². The van der Waals surface area contributed by atoms with Crippen molar-refractivity contribution in [3.63, 3.8) is 0 Å². The predicted molar refractivity (Wildman–Crippen MR) is 73.1 cm³/mol. The van der Waals surface area contributed by atoms with Crippen molar-refractivity contribution in [3.8, 4) is 0 Å². The molecule has 1 heterocycles. The van der Waals surface area contributed by atoms with Gasteiger partial charge in [-0.3, -0.25) is 4.90 Å². The Balaban J connectivity index is 2.05. The summed E-state index contributed by atoms with van der Waals surface area (Å²) in [6.45, 7) is 1.24. The standard InChI is InChI=1S/C13H24N2S/c1-14-13(11-6-4-3-5-7-11)12-10-16-9-8-15(12)2/h6,12-14H,3-5,7-10H2,1-2H3. The van der Waals surface area contributed by atoms with Crippen molar-refractivity contribution < 1.29 is 0 Å². The van der Waals surface area contributed by atoms with Gasteiger partial charge >= 0.3 is 0 Å². The zero-order valence-electron chi connectivity index (χ0n) is 10.5. The van der Waals surface area contributed by atoms with E-state index in [0.717, 1.165) is 0 Å². The Morgan fingerprint density at radius 3 is 3.00 bits per heavy atom. The lowest BCUT2D eigenvalue weighted by Gasteiger charge is -2.39. The Kier molecular flexibility index (Phi) is 4.74. The van der Waals surface area contributed by atoms with Crippen LogP contribution in [0.3, 0.4) is 0 Å². The van der Waals surface area contributed by atoms with Crippen molar-refractivity contribution in [2.45, 2.75) is 37.8 Å². The third kappa shape index (κ3) is 2.82. The molecule has 3 heteroatoms. The highest BCUT2D eigenvalue weighted by Gasteiger charge is 2.29. The largest absolute Gasteiger partial charge is 0.312 e. The van der Waals surface area contributed by atoms with E-state index in [9.17, 15) is 0 Å². The summed E-state index contributed by atoms with van der Waals surface area (Å²) < 4.78 is 0. The van der Waals surface area contributed by atoms with E-state index in [1.165, 1.54) is 43.7 Å². The summed E-state index contributed by atoms with van der Waals surface area (Å²) >= 11 is 2.11. The van der Waals surface area contributed by atoms with Gasteiger partial charge in [0.15, 0.2) is 0 Å². The van der Waals surface area contributed by atoms with Crippen molar-refractivity contribution in [1.82, 2.24) is 10.2 Å². The molecule has 0 radical (unpaired) electrons. The number of rotatable bonds is 3. The van der Waals surface area contributed by atoms with Gasteiger partial charge in [0.1, 0.15) is 0 Å². The van der Waals surface area contributed by atoms with Gasteiger partial charge in [-0.2, -0.15) is 11.8 Å². The molecule has 1 aliphatic heterocycles. The highest BCUT2D eigenvalue weighted by atomic mass is 32.2. The van der Waals surface area contributed by atoms with Crippen LogP contribution in [0, 0.1) is 0 Å². The summed E-state index contributed by atoms with van der Waals surface area (Å²) in [6.07, 6.45) is 7.85. The lowest BCUT2D eigenvalue weighted by atomic mass is 9.90. The van der Waals surface area contributed by atoms with Gasteiger partial charge in [0.05, 0.1) is 0 Å². The Morgan fingerprint density at radius 2 is 2.38 bits per heavy atom. The molecule has 1 aliphatic carbocycles. The van der Waals surface area contributed by atoms with Crippen molar-refractivity contribution in [3.05, 3.63) is 11.6 Å². The van der Waals surface area contributed by atoms with Crippen LogP contribution < -0.4 is 5.32 Å². The molecule has 0 amide bonds. The van der Waals surface area contributed by atoms with Crippen molar-refractivity contribution in [2.75, 3.05) is 32.1 Å². The van der Waals surface area contributed by atoms with Gasteiger partial charge in [0.25, 0.3) is 0 Å². The minimum atomic E-state index is 0.582. The molecule has 2 nitrogen and oxygen atoms in total. The fraction of sp³-hybridized carbons (Fsp3) is 0.846. The second kappa shape index (κ2) is 6.08. The molecule has 0 aromatic carbocycles. The summed E-state index contributed by atoms with van der Waals surface area (Å²) in [7, 11) is 4.39. The SMILES string of the molecule is CNC(C1=CCCCC1)C1CSCCN1C. The van der Waals surface area contributed by atoms with Crippen LogP contribution >= 0.6 is 11.8 Å². The molecule has 2 aliphatic rings. The van der Waals surface area contributed by atoms with Gasteiger partial charge < -0.3 is 5.32 Å². The fourth-order valence-electron chi connectivity index (χ4n) is 2.83. The maximum atomic E-state index is 3.55. The van der Waals surface area contributed by atoms with E-state index in [1.807, 2.05) is 0 Å². The molecule has 1 saturated heterocycles. The fourth-order valence-corrected chi connectivity index (χ4v) is 4.10. The Morgan fingerprint density at radius 1 is 1.50 bits per heavy atom. The highest BCUT2D eigenvalue weighted by Crippen LogP contribution is 2.26. The van der Waals surface area contributed by atoms with Crippen molar-refractivity contribution >= 4 is 11.8 Å². The lowest BCUT2D eigenvalue weighted by molar-refractivity contribution is 0.232. The topological polar surface area (TPSA) is 15.3 Å². The summed E-state index contributed by atoms with van der Waals surface area (Å²) in [6, 6.07) is 1.27. The van der Waals surface area contributed by atoms with Crippen LogP contribution in [0.2, 0.25) is 0 Å². The van der Waals surface area contributed by atoms with Gasteiger partial charge in [0.2, 0.25) is 0 Å². The Labute approximate surface area is 104 Å². The molecule has 0 aromatic heterocycles. The number of thioether (sulfide) groups is 1. The quantitative estimate of drug-likeness (QED) is 0.761. The van der Waals surface area contributed by atoms with Crippen LogP contribution in [0.25, 0.3) is 0 Å². The van der Waals surface area contributed by atoms with E-state index < -0.39 is 0 Å². The molecule has 0 aromatic rings. The minimum absolute atomic E-state index is 0.582. The summed E-state index contributed by atoms with van der Waals surface area (Å²) in [5, 5.41) is 3.55. The van der Waals surface area contributed by atoms with Gasteiger partial charge in [-0.05, 0) is 39.8 Å². The number of allylic oxidation sites excluding steroid dienone is 1. The predicted octanol–water partition coefficient (Wildman–Crippen LogP) is 2.12. The molecule has 1 fully saturated rings. The van der Waals surface area contributed by atoms with E-state index in [2.05, 4.69) is 42.1 Å². The average molecular weight is 240 g/mol.